The number of hydrogen-bond donors (Lipinski definition) is 1. The summed E-state index contributed by atoms with van der Waals surface area (Å²) in [5.74, 6) is 1.13. The second-order valence-electron chi connectivity index (χ2n) is 4.10. The number of rotatable bonds is 7. The highest BCUT2D eigenvalue weighted by molar-refractivity contribution is 5.76. The van der Waals surface area contributed by atoms with E-state index in [1.165, 1.54) is 21.3 Å². The van der Waals surface area contributed by atoms with E-state index in [1.54, 1.807) is 19.1 Å². The Morgan fingerprint density at radius 2 is 1.70 bits per heavy atom. The average Bonchev–Trinajstić information content (AvgIpc) is 2.46. The summed E-state index contributed by atoms with van der Waals surface area (Å²) in [7, 11) is 4.60. The van der Waals surface area contributed by atoms with Gasteiger partial charge in [0.25, 0.3) is 0 Å². The SMILES string of the molecule is CCOC(=O)C(N)Cc1cc(OC)c(OC)c(OC)c1. The van der Waals surface area contributed by atoms with E-state index in [4.69, 9.17) is 24.7 Å². The van der Waals surface area contributed by atoms with Crippen LogP contribution >= 0.6 is 0 Å². The van der Waals surface area contributed by atoms with Gasteiger partial charge in [-0.3, -0.25) is 4.79 Å². The quantitative estimate of drug-likeness (QED) is 0.756. The van der Waals surface area contributed by atoms with Crippen molar-refractivity contribution in [3.8, 4) is 17.2 Å². The maximum absolute atomic E-state index is 11.5. The Morgan fingerprint density at radius 1 is 1.15 bits per heavy atom. The molecule has 1 unspecified atom stereocenters. The van der Waals surface area contributed by atoms with Gasteiger partial charge in [0.05, 0.1) is 27.9 Å². The highest BCUT2D eigenvalue weighted by Crippen LogP contribution is 2.38. The van der Waals surface area contributed by atoms with Gasteiger partial charge in [-0.2, -0.15) is 0 Å². The minimum absolute atomic E-state index is 0.307. The van der Waals surface area contributed by atoms with Crippen LogP contribution in [-0.2, 0) is 16.0 Å². The lowest BCUT2D eigenvalue weighted by Gasteiger charge is -2.15. The van der Waals surface area contributed by atoms with Crippen molar-refractivity contribution in [1.82, 2.24) is 0 Å². The van der Waals surface area contributed by atoms with Gasteiger partial charge >= 0.3 is 5.97 Å². The van der Waals surface area contributed by atoms with E-state index in [2.05, 4.69) is 0 Å². The lowest BCUT2D eigenvalue weighted by atomic mass is 10.1. The van der Waals surface area contributed by atoms with Gasteiger partial charge in [-0.1, -0.05) is 0 Å². The molecule has 0 saturated heterocycles. The highest BCUT2D eigenvalue weighted by atomic mass is 16.5. The van der Waals surface area contributed by atoms with Crippen molar-refractivity contribution in [2.24, 2.45) is 5.73 Å². The van der Waals surface area contributed by atoms with Crippen LogP contribution in [0.2, 0.25) is 0 Å². The molecule has 0 aromatic heterocycles. The van der Waals surface area contributed by atoms with Crippen LogP contribution in [-0.4, -0.2) is 39.9 Å². The van der Waals surface area contributed by atoms with E-state index in [-0.39, 0.29) is 0 Å². The molecule has 2 N–H and O–H groups in total. The van der Waals surface area contributed by atoms with E-state index in [9.17, 15) is 4.79 Å². The normalized spacial score (nSPS) is 11.7. The molecule has 0 radical (unpaired) electrons. The van der Waals surface area contributed by atoms with E-state index < -0.39 is 12.0 Å². The first-order valence-corrected chi connectivity index (χ1v) is 6.28. The zero-order valence-corrected chi connectivity index (χ0v) is 12.3. The topological polar surface area (TPSA) is 80.0 Å². The molecule has 0 amide bonds. The fraction of sp³-hybridized carbons (Fsp3) is 0.500. The Morgan fingerprint density at radius 3 is 2.10 bits per heavy atom. The van der Waals surface area contributed by atoms with Gasteiger partial charge in [0.2, 0.25) is 5.75 Å². The maximum atomic E-state index is 11.5. The zero-order chi connectivity index (χ0) is 15.1. The number of ether oxygens (including phenoxy) is 4. The third kappa shape index (κ3) is 3.77. The van der Waals surface area contributed by atoms with E-state index in [0.717, 1.165) is 5.56 Å². The van der Waals surface area contributed by atoms with Crippen LogP contribution in [0.1, 0.15) is 12.5 Å². The molecular formula is C14H21NO5. The van der Waals surface area contributed by atoms with Gasteiger partial charge in [0, 0.05) is 0 Å². The van der Waals surface area contributed by atoms with Crippen LogP contribution in [0, 0.1) is 0 Å². The van der Waals surface area contributed by atoms with Gasteiger partial charge in [0.15, 0.2) is 11.5 Å². The Balaban J connectivity index is 2.98. The van der Waals surface area contributed by atoms with Crippen LogP contribution in [0.25, 0.3) is 0 Å². The molecule has 20 heavy (non-hydrogen) atoms. The summed E-state index contributed by atoms with van der Waals surface area (Å²) in [5.41, 5.74) is 6.61. The van der Waals surface area contributed by atoms with Crippen molar-refractivity contribution in [3.05, 3.63) is 17.7 Å². The van der Waals surface area contributed by atoms with E-state index in [0.29, 0.717) is 30.3 Å². The van der Waals surface area contributed by atoms with E-state index >= 15 is 0 Å². The predicted octanol–water partition coefficient (Wildman–Crippen LogP) is 1.15. The first kappa shape index (κ1) is 16.1. The van der Waals surface area contributed by atoms with Crippen molar-refractivity contribution < 1.29 is 23.7 Å². The van der Waals surface area contributed by atoms with Crippen LogP contribution in [0.3, 0.4) is 0 Å². The Hall–Kier alpha value is -1.95. The number of esters is 1. The van der Waals surface area contributed by atoms with Crippen LogP contribution in [0.4, 0.5) is 0 Å². The van der Waals surface area contributed by atoms with Gasteiger partial charge in [0.1, 0.15) is 6.04 Å². The van der Waals surface area contributed by atoms with Gasteiger partial charge in [-0.25, -0.2) is 0 Å². The van der Waals surface area contributed by atoms with Crippen LogP contribution in [0.15, 0.2) is 12.1 Å². The van der Waals surface area contributed by atoms with Gasteiger partial charge in [-0.15, -0.1) is 0 Å². The summed E-state index contributed by atoms with van der Waals surface area (Å²) in [6, 6.07) is 2.80. The fourth-order valence-electron chi connectivity index (χ4n) is 1.84. The standard InChI is InChI=1S/C14H21NO5/c1-5-20-14(16)10(15)6-9-7-11(17-2)13(19-4)12(8-9)18-3/h7-8,10H,5-6,15H2,1-4H3. The van der Waals surface area contributed by atoms with Crippen molar-refractivity contribution in [2.45, 2.75) is 19.4 Å². The van der Waals surface area contributed by atoms with Crippen LogP contribution in [0.5, 0.6) is 17.2 Å². The largest absolute Gasteiger partial charge is 0.493 e. The first-order valence-electron chi connectivity index (χ1n) is 6.28. The fourth-order valence-corrected chi connectivity index (χ4v) is 1.84. The molecule has 0 aliphatic heterocycles. The third-order valence-electron chi connectivity index (χ3n) is 2.77. The molecule has 1 rings (SSSR count). The number of carbonyl (C=O) groups excluding carboxylic acids is 1. The van der Waals surface area contributed by atoms with Crippen molar-refractivity contribution in [1.29, 1.82) is 0 Å². The molecular weight excluding hydrogens is 262 g/mol. The molecule has 0 aliphatic rings. The smallest absolute Gasteiger partial charge is 0.323 e. The molecule has 1 aromatic rings. The molecule has 0 aliphatic carbocycles. The maximum Gasteiger partial charge on any atom is 0.323 e. The minimum Gasteiger partial charge on any atom is -0.493 e. The Bertz CT molecular complexity index is 436. The van der Waals surface area contributed by atoms with Crippen LogP contribution < -0.4 is 19.9 Å². The predicted molar refractivity (Wildman–Crippen MR) is 74.4 cm³/mol. The summed E-state index contributed by atoms with van der Waals surface area (Å²) in [6.07, 6.45) is 0.329. The lowest BCUT2D eigenvalue weighted by molar-refractivity contribution is -0.144. The Kier molecular flexibility index (Phi) is 6.11. The van der Waals surface area contributed by atoms with E-state index in [1.807, 2.05) is 0 Å². The molecule has 6 heteroatoms. The first-order chi connectivity index (χ1) is 9.57. The molecule has 0 bridgehead atoms. The Labute approximate surface area is 118 Å². The molecule has 1 atom stereocenters. The summed E-state index contributed by atoms with van der Waals surface area (Å²) in [6.45, 7) is 2.05. The molecule has 0 fully saturated rings. The van der Waals surface area contributed by atoms with Crippen molar-refractivity contribution >= 4 is 5.97 Å². The molecule has 112 valence electrons. The lowest BCUT2D eigenvalue weighted by Crippen LogP contribution is -2.34. The number of hydrogen-bond acceptors (Lipinski definition) is 6. The zero-order valence-electron chi connectivity index (χ0n) is 12.3. The summed E-state index contributed by atoms with van der Waals surface area (Å²) < 4.78 is 20.6. The number of methoxy groups -OCH3 is 3. The second kappa shape index (κ2) is 7.59. The van der Waals surface area contributed by atoms with Gasteiger partial charge in [-0.05, 0) is 31.0 Å². The second-order valence-corrected chi connectivity index (χ2v) is 4.10. The van der Waals surface area contributed by atoms with Gasteiger partial charge < -0.3 is 24.7 Å². The average molecular weight is 283 g/mol. The highest BCUT2D eigenvalue weighted by Gasteiger charge is 2.18. The van der Waals surface area contributed by atoms with Crippen molar-refractivity contribution in [3.63, 3.8) is 0 Å². The molecule has 0 heterocycles. The third-order valence-corrected chi connectivity index (χ3v) is 2.77. The minimum atomic E-state index is -0.724. The number of benzene rings is 1. The monoisotopic (exact) mass is 283 g/mol. The molecule has 6 nitrogen and oxygen atoms in total. The molecule has 0 spiro atoms. The number of nitrogens with two attached hydrogens (primary N) is 1. The summed E-state index contributed by atoms with van der Waals surface area (Å²) >= 11 is 0. The molecule has 1 aromatic carbocycles. The van der Waals surface area contributed by atoms with Crippen molar-refractivity contribution in [2.75, 3.05) is 27.9 Å². The number of carbonyl (C=O) groups is 1. The molecule has 0 saturated carbocycles. The summed E-state index contributed by atoms with van der Waals surface area (Å²) in [5, 5.41) is 0. The summed E-state index contributed by atoms with van der Waals surface area (Å²) in [4.78, 5) is 11.5.